The molecule has 1 heterocycles. The minimum absolute atomic E-state index is 0.358. The van der Waals surface area contributed by atoms with Gasteiger partial charge >= 0.3 is 0 Å². The molecule has 3 rings (SSSR count). The lowest BCUT2D eigenvalue weighted by molar-refractivity contribution is 0.363. The van der Waals surface area contributed by atoms with E-state index in [1.165, 1.54) is 42.1 Å². The molecule has 1 fully saturated rings. The Labute approximate surface area is 109 Å². The number of nitrogens with zero attached hydrogens (tertiary/aromatic N) is 1. The van der Waals surface area contributed by atoms with Crippen molar-refractivity contribution < 1.29 is 0 Å². The Kier molecular flexibility index (Phi) is 2.90. The maximum absolute atomic E-state index is 3.77. The molecule has 1 aliphatic carbocycles. The Balaban J connectivity index is 1.82. The largest absolute Gasteiger partial charge is 0.350 e. The standard InChI is InChI=1S/C16H22N2/c1-16(9-5-6-10-16)17-11-13-12-18(2)15-8-4-3-7-14(13)15/h3-4,7-8,12,17H,5-6,9-11H2,1-2H3. The molecule has 2 nitrogen and oxygen atoms in total. The second-order valence-corrected chi connectivity index (χ2v) is 5.90. The zero-order valence-corrected chi connectivity index (χ0v) is 11.4. The third-order valence-corrected chi connectivity index (χ3v) is 4.39. The summed E-state index contributed by atoms with van der Waals surface area (Å²) in [5.74, 6) is 0. The lowest BCUT2D eigenvalue weighted by Gasteiger charge is -2.25. The van der Waals surface area contributed by atoms with E-state index >= 15 is 0 Å². The first kappa shape index (κ1) is 11.8. The smallest absolute Gasteiger partial charge is 0.0481 e. The normalized spacial score (nSPS) is 18.6. The first-order valence-corrected chi connectivity index (χ1v) is 6.96. The zero-order valence-electron chi connectivity index (χ0n) is 11.4. The Bertz CT molecular complexity index is 547. The molecule has 0 spiro atoms. The van der Waals surface area contributed by atoms with Crippen LogP contribution in [0.1, 0.15) is 38.2 Å². The predicted molar refractivity (Wildman–Crippen MR) is 76.6 cm³/mol. The van der Waals surface area contributed by atoms with Gasteiger partial charge in [-0.15, -0.1) is 0 Å². The van der Waals surface area contributed by atoms with Crippen molar-refractivity contribution in [3.8, 4) is 0 Å². The van der Waals surface area contributed by atoms with Crippen LogP contribution in [-0.2, 0) is 13.6 Å². The van der Waals surface area contributed by atoms with Crippen molar-refractivity contribution in [3.05, 3.63) is 36.0 Å². The Morgan fingerprint density at radius 3 is 2.72 bits per heavy atom. The summed E-state index contributed by atoms with van der Waals surface area (Å²) in [7, 11) is 2.13. The highest BCUT2D eigenvalue weighted by Crippen LogP contribution is 2.30. The Morgan fingerprint density at radius 2 is 1.94 bits per heavy atom. The monoisotopic (exact) mass is 242 g/mol. The van der Waals surface area contributed by atoms with Gasteiger partial charge < -0.3 is 9.88 Å². The maximum atomic E-state index is 3.77. The van der Waals surface area contributed by atoms with E-state index in [-0.39, 0.29) is 0 Å². The molecule has 96 valence electrons. The van der Waals surface area contributed by atoms with E-state index in [4.69, 9.17) is 0 Å². The summed E-state index contributed by atoms with van der Waals surface area (Å²) in [6.45, 7) is 3.35. The van der Waals surface area contributed by atoms with E-state index in [1.54, 1.807) is 0 Å². The quantitative estimate of drug-likeness (QED) is 0.870. The van der Waals surface area contributed by atoms with Gasteiger partial charge in [0.05, 0.1) is 0 Å². The van der Waals surface area contributed by atoms with Gasteiger partial charge in [-0.05, 0) is 31.4 Å². The van der Waals surface area contributed by atoms with E-state index in [0.29, 0.717) is 5.54 Å². The Hall–Kier alpha value is -1.28. The van der Waals surface area contributed by atoms with Crippen LogP contribution >= 0.6 is 0 Å². The average Bonchev–Trinajstić information content (AvgIpc) is 2.94. The molecule has 1 aromatic heterocycles. The van der Waals surface area contributed by atoms with Crippen LogP contribution in [0.5, 0.6) is 0 Å². The minimum atomic E-state index is 0.358. The van der Waals surface area contributed by atoms with E-state index in [2.05, 4.69) is 54.3 Å². The summed E-state index contributed by atoms with van der Waals surface area (Å²) in [5.41, 5.74) is 3.10. The number of fused-ring (bicyclic) bond motifs is 1. The number of benzene rings is 1. The lowest BCUT2D eigenvalue weighted by Crippen LogP contribution is -2.38. The molecule has 0 radical (unpaired) electrons. The van der Waals surface area contributed by atoms with Crippen molar-refractivity contribution in [2.45, 2.75) is 44.7 Å². The molecule has 1 N–H and O–H groups in total. The highest BCUT2D eigenvalue weighted by molar-refractivity contribution is 5.83. The highest BCUT2D eigenvalue weighted by Gasteiger charge is 2.27. The summed E-state index contributed by atoms with van der Waals surface area (Å²) in [6, 6.07) is 8.65. The van der Waals surface area contributed by atoms with Crippen LogP contribution in [0.15, 0.2) is 30.5 Å². The third-order valence-electron chi connectivity index (χ3n) is 4.39. The van der Waals surface area contributed by atoms with E-state index in [9.17, 15) is 0 Å². The summed E-state index contributed by atoms with van der Waals surface area (Å²) in [6.07, 6.45) is 7.64. The summed E-state index contributed by atoms with van der Waals surface area (Å²) in [4.78, 5) is 0. The number of para-hydroxylation sites is 1. The van der Waals surface area contributed by atoms with Gasteiger partial charge in [-0.25, -0.2) is 0 Å². The second-order valence-electron chi connectivity index (χ2n) is 5.90. The first-order chi connectivity index (χ1) is 8.68. The molecule has 1 aromatic carbocycles. The molecular formula is C16H22N2. The molecule has 0 aliphatic heterocycles. The first-order valence-electron chi connectivity index (χ1n) is 6.96. The van der Waals surface area contributed by atoms with Crippen molar-refractivity contribution in [1.29, 1.82) is 0 Å². The van der Waals surface area contributed by atoms with Crippen molar-refractivity contribution in [1.82, 2.24) is 9.88 Å². The molecule has 2 aromatic rings. The molecule has 0 bridgehead atoms. The second kappa shape index (κ2) is 4.43. The fraction of sp³-hybridized carbons (Fsp3) is 0.500. The molecule has 0 atom stereocenters. The number of aromatic nitrogens is 1. The van der Waals surface area contributed by atoms with Crippen LogP contribution in [0.2, 0.25) is 0 Å². The highest BCUT2D eigenvalue weighted by atomic mass is 15.0. The van der Waals surface area contributed by atoms with Crippen LogP contribution in [-0.4, -0.2) is 10.1 Å². The van der Waals surface area contributed by atoms with Crippen molar-refractivity contribution in [2.75, 3.05) is 0 Å². The van der Waals surface area contributed by atoms with E-state index < -0.39 is 0 Å². The van der Waals surface area contributed by atoms with Crippen LogP contribution in [0.4, 0.5) is 0 Å². The number of hydrogen-bond acceptors (Lipinski definition) is 1. The van der Waals surface area contributed by atoms with E-state index in [0.717, 1.165) is 6.54 Å². The van der Waals surface area contributed by atoms with Gasteiger partial charge in [0.25, 0.3) is 0 Å². The Morgan fingerprint density at radius 1 is 1.22 bits per heavy atom. The van der Waals surface area contributed by atoms with Crippen LogP contribution in [0.3, 0.4) is 0 Å². The third kappa shape index (κ3) is 2.05. The van der Waals surface area contributed by atoms with Crippen LogP contribution in [0.25, 0.3) is 10.9 Å². The predicted octanol–water partition coefficient (Wildman–Crippen LogP) is 3.60. The van der Waals surface area contributed by atoms with Crippen molar-refractivity contribution in [3.63, 3.8) is 0 Å². The van der Waals surface area contributed by atoms with Gasteiger partial charge in [-0.2, -0.15) is 0 Å². The van der Waals surface area contributed by atoms with Gasteiger partial charge in [-0.1, -0.05) is 31.0 Å². The van der Waals surface area contributed by atoms with Crippen molar-refractivity contribution >= 4 is 10.9 Å². The fourth-order valence-electron chi connectivity index (χ4n) is 3.21. The number of aryl methyl sites for hydroxylation is 1. The van der Waals surface area contributed by atoms with Crippen molar-refractivity contribution in [2.24, 2.45) is 7.05 Å². The average molecular weight is 242 g/mol. The zero-order chi connectivity index (χ0) is 12.6. The molecule has 0 unspecified atom stereocenters. The van der Waals surface area contributed by atoms with Crippen LogP contribution in [0, 0.1) is 0 Å². The van der Waals surface area contributed by atoms with Gasteiger partial charge in [0.1, 0.15) is 0 Å². The lowest BCUT2D eigenvalue weighted by atomic mass is 10.0. The van der Waals surface area contributed by atoms with Crippen LogP contribution < -0.4 is 5.32 Å². The maximum Gasteiger partial charge on any atom is 0.0481 e. The van der Waals surface area contributed by atoms with Gasteiger partial charge in [0, 0.05) is 36.2 Å². The molecule has 18 heavy (non-hydrogen) atoms. The van der Waals surface area contributed by atoms with E-state index in [1.807, 2.05) is 0 Å². The SMILES string of the molecule is Cn1cc(CNC2(C)CCCC2)c2ccccc21. The van der Waals surface area contributed by atoms with Gasteiger partial charge in [-0.3, -0.25) is 0 Å². The summed E-state index contributed by atoms with van der Waals surface area (Å²) in [5, 5.41) is 5.15. The fourth-order valence-corrected chi connectivity index (χ4v) is 3.21. The number of nitrogens with one attached hydrogen (secondary N) is 1. The molecule has 0 amide bonds. The molecule has 0 saturated heterocycles. The molecule has 2 heteroatoms. The number of hydrogen-bond donors (Lipinski definition) is 1. The molecular weight excluding hydrogens is 220 g/mol. The molecule has 1 aliphatic rings. The molecule has 1 saturated carbocycles. The topological polar surface area (TPSA) is 17.0 Å². The summed E-state index contributed by atoms with van der Waals surface area (Å²) < 4.78 is 2.23. The van der Waals surface area contributed by atoms with Gasteiger partial charge in [0.15, 0.2) is 0 Å². The van der Waals surface area contributed by atoms with Gasteiger partial charge in [0.2, 0.25) is 0 Å². The summed E-state index contributed by atoms with van der Waals surface area (Å²) >= 11 is 0. The minimum Gasteiger partial charge on any atom is -0.350 e. The number of rotatable bonds is 3.